The van der Waals surface area contributed by atoms with Crippen molar-refractivity contribution in [2.75, 3.05) is 16.8 Å². The molecule has 0 unspecified atom stereocenters. The van der Waals surface area contributed by atoms with Crippen molar-refractivity contribution in [3.63, 3.8) is 0 Å². The van der Waals surface area contributed by atoms with Crippen LogP contribution in [0.5, 0.6) is 5.75 Å². The van der Waals surface area contributed by atoms with Crippen molar-refractivity contribution in [1.82, 2.24) is 9.97 Å². The van der Waals surface area contributed by atoms with E-state index in [1.54, 1.807) is 11.1 Å². The van der Waals surface area contributed by atoms with Gasteiger partial charge in [0, 0.05) is 11.4 Å². The number of nitrogens with zero attached hydrogens (tertiary/aromatic N) is 3. The number of hydrogen-bond acceptors (Lipinski definition) is 5. The number of amides is 1. The summed E-state index contributed by atoms with van der Waals surface area (Å²) in [5, 5.41) is 3.47. The monoisotopic (exact) mass is 396 g/mol. The molecule has 0 bridgehead atoms. The van der Waals surface area contributed by atoms with Crippen LogP contribution in [0.25, 0.3) is 11.0 Å². The second kappa shape index (κ2) is 7.48. The van der Waals surface area contributed by atoms with Gasteiger partial charge in [-0.3, -0.25) is 14.7 Å². The maximum atomic E-state index is 13.5. The number of benzene rings is 3. The molecule has 1 aliphatic rings. The van der Waals surface area contributed by atoms with Crippen LogP contribution in [0.1, 0.15) is 29.1 Å². The first-order chi connectivity index (χ1) is 14.7. The van der Waals surface area contributed by atoms with Gasteiger partial charge in [-0.1, -0.05) is 24.3 Å². The fourth-order valence-corrected chi connectivity index (χ4v) is 3.70. The van der Waals surface area contributed by atoms with Gasteiger partial charge in [-0.25, -0.2) is 4.98 Å². The average Bonchev–Trinajstić information content (AvgIpc) is 2.80. The van der Waals surface area contributed by atoms with E-state index in [4.69, 9.17) is 9.72 Å². The van der Waals surface area contributed by atoms with E-state index >= 15 is 0 Å². The van der Waals surface area contributed by atoms with E-state index in [1.165, 1.54) is 0 Å². The maximum absolute atomic E-state index is 13.5. The average molecular weight is 396 g/mol. The molecule has 1 atom stereocenters. The van der Waals surface area contributed by atoms with Crippen molar-refractivity contribution in [3.05, 3.63) is 90.3 Å². The molecule has 148 valence electrons. The summed E-state index contributed by atoms with van der Waals surface area (Å²) < 4.78 is 5.55. The number of rotatable bonds is 4. The molecule has 4 aromatic rings. The zero-order valence-corrected chi connectivity index (χ0v) is 16.4. The van der Waals surface area contributed by atoms with Gasteiger partial charge < -0.3 is 10.1 Å². The van der Waals surface area contributed by atoms with Crippen LogP contribution < -0.4 is 15.0 Å². The molecule has 3 aromatic carbocycles. The number of fused-ring (bicyclic) bond motifs is 2. The highest BCUT2D eigenvalue weighted by Crippen LogP contribution is 2.36. The summed E-state index contributed by atoms with van der Waals surface area (Å²) in [4.78, 5) is 24.5. The Kier molecular flexibility index (Phi) is 4.52. The van der Waals surface area contributed by atoms with Crippen molar-refractivity contribution in [2.45, 2.75) is 13.1 Å². The summed E-state index contributed by atoms with van der Waals surface area (Å²) in [5.74, 6) is 0.676. The number of aromatic nitrogens is 2. The van der Waals surface area contributed by atoms with E-state index in [0.29, 0.717) is 17.9 Å². The zero-order chi connectivity index (χ0) is 20.5. The van der Waals surface area contributed by atoms with Crippen LogP contribution in [0.2, 0.25) is 0 Å². The molecular weight excluding hydrogens is 376 g/mol. The van der Waals surface area contributed by atoms with Crippen LogP contribution in [-0.4, -0.2) is 22.5 Å². The fraction of sp³-hybridized carbons (Fsp3) is 0.125. The molecule has 0 spiro atoms. The van der Waals surface area contributed by atoms with Crippen LogP contribution in [0.15, 0.2) is 79.0 Å². The largest absolute Gasteiger partial charge is 0.494 e. The predicted octanol–water partition coefficient (Wildman–Crippen LogP) is 4.80. The predicted molar refractivity (Wildman–Crippen MR) is 117 cm³/mol. The van der Waals surface area contributed by atoms with E-state index in [-0.39, 0.29) is 5.91 Å². The molecule has 0 aliphatic carbocycles. The molecular formula is C24H20N4O2. The quantitative estimate of drug-likeness (QED) is 0.537. The van der Waals surface area contributed by atoms with Gasteiger partial charge in [-0.15, -0.1) is 0 Å². The Labute approximate surface area is 174 Å². The van der Waals surface area contributed by atoms with Gasteiger partial charge >= 0.3 is 0 Å². The lowest BCUT2D eigenvalue weighted by Crippen LogP contribution is -2.43. The molecule has 1 aliphatic heterocycles. The molecule has 30 heavy (non-hydrogen) atoms. The maximum Gasteiger partial charge on any atom is 0.262 e. The number of nitrogens with one attached hydrogen (secondary N) is 1. The van der Waals surface area contributed by atoms with Gasteiger partial charge in [-0.05, 0) is 55.5 Å². The first kappa shape index (κ1) is 18.1. The molecule has 5 rings (SSSR count). The Morgan fingerprint density at radius 3 is 2.50 bits per heavy atom. The normalized spacial score (nSPS) is 15.6. The third-order valence-corrected chi connectivity index (χ3v) is 5.10. The highest BCUT2D eigenvalue weighted by atomic mass is 16.5. The first-order valence-corrected chi connectivity index (χ1v) is 9.88. The lowest BCUT2D eigenvalue weighted by molar-refractivity contribution is 0.0974. The summed E-state index contributed by atoms with van der Waals surface area (Å²) in [7, 11) is 0. The highest BCUT2D eigenvalue weighted by Gasteiger charge is 2.35. The Hall–Kier alpha value is -3.93. The van der Waals surface area contributed by atoms with Gasteiger partial charge in [-0.2, -0.15) is 0 Å². The number of carbonyl (C=O) groups is 1. The summed E-state index contributed by atoms with van der Waals surface area (Å²) >= 11 is 0. The first-order valence-electron chi connectivity index (χ1n) is 9.88. The SMILES string of the molecule is CCOc1ccc(N2C(=O)c3ccccc3N[C@@H]2c2cnc3ccccc3n2)cc1. The number of anilines is 2. The van der Waals surface area contributed by atoms with Crippen molar-refractivity contribution >= 4 is 28.3 Å². The summed E-state index contributed by atoms with van der Waals surface area (Å²) in [6, 6.07) is 22.7. The third kappa shape index (κ3) is 3.12. The zero-order valence-electron chi connectivity index (χ0n) is 16.4. The van der Waals surface area contributed by atoms with E-state index in [9.17, 15) is 4.79 Å². The Bertz CT molecular complexity index is 1220. The van der Waals surface area contributed by atoms with Crippen molar-refractivity contribution in [3.8, 4) is 5.75 Å². The minimum Gasteiger partial charge on any atom is -0.494 e. The van der Waals surface area contributed by atoms with Crippen molar-refractivity contribution in [2.24, 2.45) is 0 Å². The summed E-state index contributed by atoms with van der Waals surface area (Å²) in [6.45, 7) is 2.53. The molecule has 0 saturated carbocycles. The Morgan fingerprint density at radius 1 is 0.967 bits per heavy atom. The van der Waals surface area contributed by atoms with Gasteiger partial charge in [0.25, 0.3) is 5.91 Å². The highest BCUT2D eigenvalue weighted by molar-refractivity contribution is 6.12. The van der Waals surface area contributed by atoms with E-state index < -0.39 is 6.17 Å². The van der Waals surface area contributed by atoms with Crippen LogP contribution in [0.4, 0.5) is 11.4 Å². The molecule has 0 saturated heterocycles. The molecule has 1 N–H and O–H groups in total. The molecule has 6 nitrogen and oxygen atoms in total. The van der Waals surface area contributed by atoms with Crippen molar-refractivity contribution < 1.29 is 9.53 Å². The smallest absolute Gasteiger partial charge is 0.262 e. The number of ether oxygens (including phenoxy) is 1. The van der Waals surface area contributed by atoms with E-state index in [2.05, 4.69) is 10.3 Å². The summed E-state index contributed by atoms with van der Waals surface area (Å²) in [6.07, 6.45) is 1.24. The molecule has 1 aromatic heterocycles. The summed E-state index contributed by atoms with van der Waals surface area (Å²) in [5.41, 5.74) is 4.43. The van der Waals surface area contributed by atoms with Crippen LogP contribution >= 0.6 is 0 Å². The fourth-order valence-electron chi connectivity index (χ4n) is 3.70. The molecule has 1 amide bonds. The standard InChI is InChI=1S/C24H20N4O2/c1-2-30-17-13-11-16(12-14-17)28-23(27-19-8-4-3-7-18(19)24(28)29)22-15-25-20-9-5-6-10-21(20)26-22/h3-15,23,27H,2H2,1H3/t23-/m0/s1. The molecule has 2 heterocycles. The van der Waals surface area contributed by atoms with E-state index in [1.807, 2.05) is 79.7 Å². The van der Waals surface area contributed by atoms with Crippen LogP contribution in [0.3, 0.4) is 0 Å². The van der Waals surface area contributed by atoms with Gasteiger partial charge in [0.05, 0.1) is 29.4 Å². The van der Waals surface area contributed by atoms with Crippen molar-refractivity contribution in [1.29, 1.82) is 0 Å². The second-order valence-electron chi connectivity index (χ2n) is 6.98. The van der Waals surface area contributed by atoms with Crippen LogP contribution in [0, 0.1) is 0 Å². The van der Waals surface area contributed by atoms with E-state index in [0.717, 1.165) is 28.2 Å². The lowest BCUT2D eigenvalue weighted by Gasteiger charge is -2.37. The Morgan fingerprint density at radius 2 is 1.70 bits per heavy atom. The molecule has 0 radical (unpaired) electrons. The third-order valence-electron chi connectivity index (χ3n) is 5.10. The van der Waals surface area contributed by atoms with Gasteiger partial charge in [0.15, 0.2) is 6.17 Å². The molecule has 0 fully saturated rings. The second-order valence-corrected chi connectivity index (χ2v) is 6.98. The Balaban J connectivity index is 1.62. The number of hydrogen-bond donors (Lipinski definition) is 1. The minimum atomic E-state index is -0.484. The van der Waals surface area contributed by atoms with Gasteiger partial charge in [0.2, 0.25) is 0 Å². The number of para-hydroxylation sites is 3. The minimum absolute atomic E-state index is 0.0894. The number of carbonyl (C=O) groups excluding carboxylic acids is 1. The topological polar surface area (TPSA) is 67.3 Å². The van der Waals surface area contributed by atoms with Gasteiger partial charge in [0.1, 0.15) is 11.4 Å². The lowest BCUT2D eigenvalue weighted by atomic mass is 10.0. The van der Waals surface area contributed by atoms with Crippen LogP contribution in [-0.2, 0) is 0 Å². The molecule has 6 heteroatoms.